The summed E-state index contributed by atoms with van der Waals surface area (Å²) in [5.74, 6) is 0.547. The number of carbonyl (C=O) groups excluding carboxylic acids is 1. The van der Waals surface area contributed by atoms with E-state index in [1.54, 1.807) is 18.5 Å². The zero-order valence-electron chi connectivity index (χ0n) is 11.9. The Labute approximate surface area is 118 Å². The molecule has 2 heterocycles. The predicted molar refractivity (Wildman–Crippen MR) is 76.3 cm³/mol. The van der Waals surface area contributed by atoms with Crippen LogP contribution in [0.3, 0.4) is 0 Å². The third kappa shape index (κ3) is 3.20. The van der Waals surface area contributed by atoms with Gasteiger partial charge in [-0.15, -0.1) is 0 Å². The van der Waals surface area contributed by atoms with Gasteiger partial charge in [-0.1, -0.05) is 6.92 Å². The maximum absolute atomic E-state index is 12.0. The van der Waals surface area contributed by atoms with Crippen molar-refractivity contribution in [3.05, 3.63) is 36.2 Å². The van der Waals surface area contributed by atoms with Crippen LogP contribution in [0.2, 0.25) is 0 Å². The van der Waals surface area contributed by atoms with Crippen molar-refractivity contribution in [2.24, 2.45) is 7.05 Å². The smallest absolute Gasteiger partial charge is 0.355 e. The van der Waals surface area contributed by atoms with Crippen molar-refractivity contribution in [3.63, 3.8) is 0 Å². The van der Waals surface area contributed by atoms with Crippen LogP contribution in [-0.2, 0) is 24.8 Å². The van der Waals surface area contributed by atoms with Gasteiger partial charge in [0.1, 0.15) is 11.5 Å². The van der Waals surface area contributed by atoms with Gasteiger partial charge in [-0.25, -0.2) is 9.78 Å². The van der Waals surface area contributed by atoms with Gasteiger partial charge in [0.05, 0.1) is 12.3 Å². The van der Waals surface area contributed by atoms with Crippen LogP contribution >= 0.6 is 0 Å². The van der Waals surface area contributed by atoms with Crippen molar-refractivity contribution in [2.75, 3.05) is 12.3 Å². The molecule has 2 aromatic heterocycles. The lowest BCUT2D eigenvalue weighted by Crippen LogP contribution is -2.14. The molecular weight excluding hydrogens is 256 g/mol. The standard InChI is InChI=1S/C14H20N4O2/c1-3-6-18-10-11(15)9-12(18)14(19)20-8-4-13-16-5-7-17(13)2/h5,7,9-10H,3-4,6,8,15H2,1-2H3. The Kier molecular flexibility index (Phi) is 4.45. The Morgan fingerprint density at radius 3 is 2.95 bits per heavy atom. The summed E-state index contributed by atoms with van der Waals surface area (Å²) in [4.78, 5) is 16.2. The minimum atomic E-state index is -0.343. The van der Waals surface area contributed by atoms with E-state index in [4.69, 9.17) is 10.5 Å². The van der Waals surface area contributed by atoms with Gasteiger partial charge in [-0.3, -0.25) is 0 Å². The molecule has 20 heavy (non-hydrogen) atoms. The van der Waals surface area contributed by atoms with Crippen LogP contribution in [0.5, 0.6) is 0 Å². The van der Waals surface area contributed by atoms with E-state index in [-0.39, 0.29) is 5.97 Å². The monoisotopic (exact) mass is 276 g/mol. The first kappa shape index (κ1) is 14.2. The van der Waals surface area contributed by atoms with Crippen molar-refractivity contribution in [1.29, 1.82) is 0 Å². The fraction of sp³-hybridized carbons (Fsp3) is 0.429. The first-order chi connectivity index (χ1) is 9.61. The molecule has 0 aliphatic heterocycles. The van der Waals surface area contributed by atoms with Crippen LogP contribution < -0.4 is 5.73 Å². The minimum absolute atomic E-state index is 0.306. The van der Waals surface area contributed by atoms with Gasteiger partial charge in [-0.05, 0) is 12.5 Å². The molecule has 0 saturated heterocycles. The van der Waals surface area contributed by atoms with Crippen molar-refractivity contribution in [2.45, 2.75) is 26.3 Å². The van der Waals surface area contributed by atoms with Crippen LogP contribution in [0.15, 0.2) is 24.7 Å². The molecular formula is C14H20N4O2. The molecule has 0 unspecified atom stereocenters. The van der Waals surface area contributed by atoms with E-state index in [1.165, 1.54) is 0 Å². The van der Waals surface area contributed by atoms with Crippen molar-refractivity contribution in [3.8, 4) is 0 Å². The molecule has 2 rings (SSSR count). The highest BCUT2D eigenvalue weighted by molar-refractivity contribution is 5.89. The molecule has 0 fully saturated rings. The maximum atomic E-state index is 12.0. The van der Waals surface area contributed by atoms with Gasteiger partial charge in [0.15, 0.2) is 0 Å². The number of hydrogen-bond acceptors (Lipinski definition) is 4. The lowest BCUT2D eigenvalue weighted by atomic mass is 10.4. The molecule has 0 radical (unpaired) electrons. The van der Waals surface area contributed by atoms with Gasteiger partial charge >= 0.3 is 5.97 Å². The lowest BCUT2D eigenvalue weighted by Gasteiger charge is -2.08. The van der Waals surface area contributed by atoms with E-state index < -0.39 is 0 Å². The second-order valence-corrected chi connectivity index (χ2v) is 4.69. The molecule has 2 N–H and O–H groups in total. The molecule has 0 amide bonds. The molecule has 0 bridgehead atoms. The number of nitrogens with zero attached hydrogens (tertiary/aromatic N) is 3. The molecule has 0 aromatic carbocycles. The van der Waals surface area contributed by atoms with Crippen molar-refractivity contribution < 1.29 is 9.53 Å². The summed E-state index contributed by atoms with van der Waals surface area (Å²) in [5.41, 5.74) is 6.81. The average molecular weight is 276 g/mol. The highest BCUT2D eigenvalue weighted by Gasteiger charge is 2.14. The molecule has 6 heteroatoms. The third-order valence-corrected chi connectivity index (χ3v) is 3.07. The van der Waals surface area contributed by atoms with Crippen LogP contribution in [-0.4, -0.2) is 26.7 Å². The summed E-state index contributed by atoms with van der Waals surface area (Å²) in [5, 5.41) is 0. The Hall–Kier alpha value is -2.24. The van der Waals surface area contributed by atoms with E-state index in [0.717, 1.165) is 18.8 Å². The minimum Gasteiger partial charge on any atom is -0.461 e. The second kappa shape index (κ2) is 6.27. The summed E-state index contributed by atoms with van der Waals surface area (Å²) in [6.07, 6.45) is 6.88. The largest absolute Gasteiger partial charge is 0.461 e. The number of carbonyl (C=O) groups is 1. The number of hydrogen-bond donors (Lipinski definition) is 1. The fourth-order valence-corrected chi connectivity index (χ4v) is 2.08. The van der Waals surface area contributed by atoms with Crippen molar-refractivity contribution >= 4 is 11.7 Å². The van der Waals surface area contributed by atoms with Crippen LogP contribution in [0, 0.1) is 0 Å². The van der Waals surface area contributed by atoms with Gasteiger partial charge in [-0.2, -0.15) is 0 Å². The molecule has 0 aliphatic carbocycles. The first-order valence-electron chi connectivity index (χ1n) is 6.70. The summed E-state index contributed by atoms with van der Waals surface area (Å²) in [6, 6.07) is 1.65. The lowest BCUT2D eigenvalue weighted by molar-refractivity contribution is 0.0494. The van der Waals surface area contributed by atoms with Crippen LogP contribution in [0.4, 0.5) is 5.69 Å². The molecule has 2 aromatic rings. The topological polar surface area (TPSA) is 75.1 Å². The number of esters is 1. The number of rotatable bonds is 6. The van der Waals surface area contributed by atoms with Gasteiger partial charge in [0, 0.05) is 38.6 Å². The van der Waals surface area contributed by atoms with E-state index in [9.17, 15) is 4.79 Å². The van der Waals surface area contributed by atoms with Crippen LogP contribution in [0.25, 0.3) is 0 Å². The number of ether oxygens (including phenoxy) is 1. The maximum Gasteiger partial charge on any atom is 0.355 e. The summed E-state index contributed by atoms with van der Waals surface area (Å²) in [6.45, 7) is 3.11. The zero-order chi connectivity index (χ0) is 14.5. The van der Waals surface area contributed by atoms with Gasteiger partial charge in [0.2, 0.25) is 0 Å². The first-order valence-corrected chi connectivity index (χ1v) is 6.70. The Balaban J connectivity index is 1.93. The second-order valence-electron chi connectivity index (χ2n) is 4.69. The van der Waals surface area contributed by atoms with Gasteiger partial charge in [0.25, 0.3) is 0 Å². The van der Waals surface area contributed by atoms with Crippen molar-refractivity contribution in [1.82, 2.24) is 14.1 Å². The van der Waals surface area contributed by atoms with Crippen LogP contribution in [0.1, 0.15) is 29.7 Å². The Morgan fingerprint density at radius 1 is 1.50 bits per heavy atom. The quantitative estimate of drug-likeness (QED) is 0.813. The summed E-state index contributed by atoms with van der Waals surface area (Å²) < 4.78 is 9.03. The molecule has 108 valence electrons. The van der Waals surface area contributed by atoms with E-state index in [0.29, 0.717) is 24.4 Å². The Morgan fingerprint density at radius 2 is 2.30 bits per heavy atom. The SMILES string of the molecule is CCCn1cc(N)cc1C(=O)OCCc1nccn1C. The average Bonchev–Trinajstić information content (AvgIpc) is 2.97. The number of nitrogens with two attached hydrogens (primary N) is 1. The number of anilines is 1. The molecule has 0 spiro atoms. The summed E-state index contributed by atoms with van der Waals surface area (Å²) in [7, 11) is 1.91. The van der Waals surface area contributed by atoms with E-state index in [1.807, 2.05) is 29.3 Å². The highest BCUT2D eigenvalue weighted by atomic mass is 16.5. The van der Waals surface area contributed by atoms with Gasteiger partial charge < -0.3 is 19.6 Å². The highest BCUT2D eigenvalue weighted by Crippen LogP contribution is 2.13. The Bertz CT molecular complexity index is 586. The number of aryl methyl sites for hydroxylation is 2. The van der Waals surface area contributed by atoms with E-state index >= 15 is 0 Å². The molecule has 0 atom stereocenters. The number of imidazole rings is 1. The van der Waals surface area contributed by atoms with E-state index in [2.05, 4.69) is 4.98 Å². The molecule has 6 nitrogen and oxygen atoms in total. The summed E-state index contributed by atoms with van der Waals surface area (Å²) >= 11 is 0. The fourth-order valence-electron chi connectivity index (χ4n) is 2.08. The molecule has 0 aliphatic rings. The number of nitrogen functional groups attached to an aromatic ring is 1. The predicted octanol–water partition coefficient (Wildman–Crippen LogP) is 1.61. The number of aromatic nitrogens is 3. The normalized spacial score (nSPS) is 10.7. The zero-order valence-corrected chi connectivity index (χ0v) is 11.9. The molecule has 0 saturated carbocycles. The third-order valence-electron chi connectivity index (χ3n) is 3.07.